The number of ketones is 1. The van der Waals surface area contributed by atoms with Crippen LogP contribution in [0, 0.1) is 5.82 Å². The quantitative estimate of drug-likeness (QED) is 0.585. The summed E-state index contributed by atoms with van der Waals surface area (Å²) in [5.74, 6) is -1.14. The molecular formula is C22H19FN2O2. The van der Waals surface area contributed by atoms with Gasteiger partial charge < -0.3 is 4.90 Å². The second-order valence-electron chi connectivity index (χ2n) is 6.08. The molecule has 0 atom stereocenters. The number of amides is 1. The van der Waals surface area contributed by atoms with Crippen LogP contribution in [0.5, 0.6) is 0 Å². The van der Waals surface area contributed by atoms with Gasteiger partial charge in [-0.2, -0.15) is 0 Å². The average molecular weight is 362 g/mol. The van der Waals surface area contributed by atoms with Gasteiger partial charge in [0.05, 0.1) is 12.1 Å². The first-order valence-electron chi connectivity index (χ1n) is 8.67. The lowest BCUT2D eigenvalue weighted by atomic mass is 10.1. The lowest BCUT2D eigenvalue weighted by Gasteiger charge is -2.23. The maximum absolute atomic E-state index is 13.8. The maximum atomic E-state index is 13.8. The predicted molar refractivity (Wildman–Crippen MR) is 102 cm³/mol. The highest BCUT2D eigenvalue weighted by Crippen LogP contribution is 2.19. The lowest BCUT2D eigenvalue weighted by molar-refractivity contribution is -0.118. The molecule has 3 rings (SSSR count). The molecule has 0 unspecified atom stereocenters. The summed E-state index contributed by atoms with van der Waals surface area (Å²) in [5.41, 5.74) is 1.64. The number of halogens is 1. The van der Waals surface area contributed by atoms with E-state index >= 15 is 0 Å². The van der Waals surface area contributed by atoms with Crippen LogP contribution in [0.25, 0.3) is 0 Å². The van der Waals surface area contributed by atoms with Crippen molar-refractivity contribution in [2.45, 2.75) is 19.4 Å². The molecule has 0 spiro atoms. The van der Waals surface area contributed by atoms with Crippen LogP contribution in [-0.2, 0) is 11.3 Å². The van der Waals surface area contributed by atoms with E-state index in [1.54, 1.807) is 23.4 Å². The Morgan fingerprint density at radius 2 is 1.63 bits per heavy atom. The number of aromatic nitrogens is 1. The topological polar surface area (TPSA) is 50.3 Å². The number of nitrogens with zero attached hydrogens (tertiary/aromatic N) is 2. The Balaban J connectivity index is 1.73. The van der Waals surface area contributed by atoms with Crippen molar-refractivity contribution in [2.75, 3.05) is 4.90 Å². The van der Waals surface area contributed by atoms with Gasteiger partial charge in [0.1, 0.15) is 5.82 Å². The number of benzene rings is 2. The van der Waals surface area contributed by atoms with E-state index < -0.39 is 5.82 Å². The maximum Gasteiger partial charge on any atom is 0.227 e. The Morgan fingerprint density at radius 3 is 2.33 bits per heavy atom. The van der Waals surface area contributed by atoms with Crippen molar-refractivity contribution in [1.82, 2.24) is 4.98 Å². The van der Waals surface area contributed by atoms with Gasteiger partial charge in [-0.05, 0) is 35.9 Å². The van der Waals surface area contributed by atoms with Gasteiger partial charge in [-0.3, -0.25) is 14.6 Å². The van der Waals surface area contributed by atoms with E-state index in [-0.39, 0.29) is 30.1 Å². The SMILES string of the molecule is O=C(CCC(=O)N(Cc1cccnc1)c1ccccc1)c1ccccc1F. The van der Waals surface area contributed by atoms with Crippen molar-refractivity contribution < 1.29 is 14.0 Å². The van der Waals surface area contributed by atoms with Gasteiger partial charge >= 0.3 is 0 Å². The van der Waals surface area contributed by atoms with Crippen molar-refractivity contribution in [2.24, 2.45) is 0 Å². The predicted octanol–water partition coefficient (Wildman–Crippen LogP) is 4.42. The molecule has 0 N–H and O–H groups in total. The number of carbonyl (C=O) groups excluding carboxylic acids is 2. The van der Waals surface area contributed by atoms with E-state index in [9.17, 15) is 14.0 Å². The van der Waals surface area contributed by atoms with Gasteiger partial charge in [-0.25, -0.2) is 4.39 Å². The molecule has 1 amide bonds. The van der Waals surface area contributed by atoms with Crippen LogP contribution in [0.3, 0.4) is 0 Å². The molecule has 0 saturated heterocycles. The van der Waals surface area contributed by atoms with Gasteiger partial charge in [0.2, 0.25) is 5.91 Å². The fourth-order valence-corrected chi connectivity index (χ4v) is 2.78. The number of anilines is 1. The Hall–Kier alpha value is -3.34. The fraction of sp³-hybridized carbons (Fsp3) is 0.136. The monoisotopic (exact) mass is 362 g/mol. The lowest BCUT2D eigenvalue weighted by Crippen LogP contribution is -2.30. The minimum atomic E-state index is -0.565. The van der Waals surface area contributed by atoms with Gasteiger partial charge in [-0.1, -0.05) is 36.4 Å². The minimum absolute atomic E-state index is 0.00231. The average Bonchev–Trinajstić information content (AvgIpc) is 2.72. The summed E-state index contributed by atoms with van der Waals surface area (Å²) in [6, 6.07) is 18.8. The Kier molecular flexibility index (Phi) is 6.05. The zero-order valence-corrected chi connectivity index (χ0v) is 14.7. The summed E-state index contributed by atoms with van der Waals surface area (Å²) in [6.07, 6.45) is 3.33. The van der Waals surface area contributed by atoms with Crippen LogP contribution in [0.1, 0.15) is 28.8 Å². The van der Waals surface area contributed by atoms with E-state index in [2.05, 4.69) is 4.98 Å². The highest BCUT2D eigenvalue weighted by molar-refractivity contribution is 6.00. The van der Waals surface area contributed by atoms with E-state index in [1.165, 1.54) is 18.2 Å². The summed E-state index contributed by atoms with van der Waals surface area (Å²) < 4.78 is 13.8. The molecule has 0 saturated carbocycles. The highest BCUT2D eigenvalue weighted by Gasteiger charge is 2.19. The second kappa shape index (κ2) is 8.85. The van der Waals surface area contributed by atoms with E-state index in [0.29, 0.717) is 6.54 Å². The molecule has 27 heavy (non-hydrogen) atoms. The van der Waals surface area contributed by atoms with Crippen LogP contribution < -0.4 is 4.90 Å². The van der Waals surface area contributed by atoms with Crippen molar-refractivity contribution in [3.8, 4) is 0 Å². The number of pyridine rings is 1. The largest absolute Gasteiger partial charge is 0.308 e. The summed E-state index contributed by atoms with van der Waals surface area (Å²) >= 11 is 0. The van der Waals surface area contributed by atoms with Crippen molar-refractivity contribution in [3.05, 3.63) is 96.1 Å². The molecule has 136 valence electrons. The van der Waals surface area contributed by atoms with Crippen molar-refractivity contribution >= 4 is 17.4 Å². The summed E-state index contributed by atoms with van der Waals surface area (Å²) in [6.45, 7) is 0.352. The van der Waals surface area contributed by atoms with Gasteiger partial charge in [-0.15, -0.1) is 0 Å². The van der Waals surface area contributed by atoms with E-state index in [0.717, 1.165) is 11.3 Å². The molecule has 0 aliphatic rings. The molecular weight excluding hydrogens is 343 g/mol. The van der Waals surface area contributed by atoms with Crippen LogP contribution >= 0.6 is 0 Å². The molecule has 0 aliphatic carbocycles. The van der Waals surface area contributed by atoms with E-state index in [1.807, 2.05) is 42.5 Å². The number of Topliss-reactive ketones (excluding diaryl/α,β-unsaturated/α-hetero) is 1. The first-order valence-corrected chi connectivity index (χ1v) is 8.67. The molecule has 5 heteroatoms. The van der Waals surface area contributed by atoms with Gasteiger partial charge in [0.15, 0.2) is 5.78 Å². The molecule has 1 aromatic heterocycles. The number of para-hydroxylation sites is 1. The molecule has 0 fully saturated rings. The minimum Gasteiger partial charge on any atom is -0.308 e. The summed E-state index contributed by atoms with van der Waals surface area (Å²) in [5, 5.41) is 0. The molecule has 1 heterocycles. The van der Waals surface area contributed by atoms with E-state index in [4.69, 9.17) is 0 Å². The molecule has 3 aromatic rings. The first-order chi connectivity index (χ1) is 13.1. The molecule has 0 bridgehead atoms. The Labute approximate surface area is 157 Å². The zero-order chi connectivity index (χ0) is 19.1. The van der Waals surface area contributed by atoms with Crippen LogP contribution in [0.4, 0.5) is 10.1 Å². The second-order valence-corrected chi connectivity index (χ2v) is 6.08. The number of rotatable bonds is 7. The number of carbonyl (C=O) groups is 2. The van der Waals surface area contributed by atoms with Gasteiger partial charge in [0, 0.05) is 30.9 Å². The smallest absolute Gasteiger partial charge is 0.227 e. The van der Waals surface area contributed by atoms with Crippen molar-refractivity contribution in [3.63, 3.8) is 0 Å². The normalized spacial score (nSPS) is 10.4. The number of hydrogen-bond donors (Lipinski definition) is 0. The van der Waals surface area contributed by atoms with Crippen molar-refractivity contribution in [1.29, 1.82) is 0 Å². The Morgan fingerprint density at radius 1 is 0.889 bits per heavy atom. The fourth-order valence-electron chi connectivity index (χ4n) is 2.78. The number of hydrogen-bond acceptors (Lipinski definition) is 3. The molecule has 4 nitrogen and oxygen atoms in total. The van der Waals surface area contributed by atoms with Crippen LogP contribution in [0.15, 0.2) is 79.1 Å². The Bertz CT molecular complexity index is 914. The van der Waals surface area contributed by atoms with Gasteiger partial charge in [0.25, 0.3) is 0 Å². The standard InChI is InChI=1S/C22H19FN2O2/c23-20-11-5-4-10-19(20)21(26)12-13-22(27)25(18-8-2-1-3-9-18)16-17-7-6-14-24-15-17/h1-11,14-15H,12-13,16H2. The molecule has 0 radical (unpaired) electrons. The first kappa shape index (κ1) is 18.5. The third-order valence-electron chi connectivity index (χ3n) is 4.17. The summed E-state index contributed by atoms with van der Waals surface area (Å²) in [7, 11) is 0. The van der Waals surface area contributed by atoms with Crippen LogP contribution in [-0.4, -0.2) is 16.7 Å². The molecule has 0 aliphatic heterocycles. The zero-order valence-electron chi connectivity index (χ0n) is 14.7. The molecule has 2 aromatic carbocycles. The third kappa shape index (κ3) is 4.85. The summed E-state index contributed by atoms with van der Waals surface area (Å²) in [4.78, 5) is 30.8. The van der Waals surface area contributed by atoms with Crippen LogP contribution in [0.2, 0.25) is 0 Å². The highest BCUT2D eigenvalue weighted by atomic mass is 19.1. The third-order valence-corrected chi connectivity index (χ3v) is 4.17.